The molecule has 0 spiro atoms. The van der Waals surface area contributed by atoms with Crippen LogP contribution >= 0.6 is 0 Å². The highest BCUT2D eigenvalue weighted by Crippen LogP contribution is 2.50. The van der Waals surface area contributed by atoms with Gasteiger partial charge in [-0.2, -0.15) is 0 Å². The Kier molecular flexibility index (Phi) is 5.02. The molecule has 0 radical (unpaired) electrons. The fraction of sp³-hybridized carbons (Fsp3) is 0.375. The minimum atomic E-state index is 0.0332. The van der Waals surface area contributed by atoms with Gasteiger partial charge in [0.05, 0.1) is 6.04 Å². The largest absolute Gasteiger partial charge is 0.378 e. The monoisotopic (exact) mass is 360 g/mol. The number of aryl methyl sites for hydroxylation is 1. The van der Waals surface area contributed by atoms with E-state index in [2.05, 4.69) is 73.0 Å². The molecule has 0 aromatic heterocycles. The smallest absolute Gasteiger partial charge is 0.251 e. The second-order valence-corrected chi connectivity index (χ2v) is 7.74. The van der Waals surface area contributed by atoms with Crippen molar-refractivity contribution in [1.29, 1.82) is 0 Å². The Hall–Kier alpha value is -2.55. The van der Waals surface area contributed by atoms with Crippen LogP contribution in [0.1, 0.15) is 65.2 Å². The van der Waals surface area contributed by atoms with Crippen molar-refractivity contribution < 1.29 is 4.79 Å². The van der Waals surface area contributed by atoms with E-state index in [0.29, 0.717) is 17.9 Å². The Morgan fingerprint density at radius 3 is 2.85 bits per heavy atom. The molecule has 140 valence electrons. The molecule has 3 unspecified atom stereocenters. The van der Waals surface area contributed by atoms with E-state index >= 15 is 0 Å². The van der Waals surface area contributed by atoms with E-state index in [1.165, 1.54) is 16.7 Å². The number of carbonyl (C=O) groups excluding carboxylic acids is 1. The second-order valence-electron chi connectivity index (χ2n) is 7.74. The van der Waals surface area contributed by atoms with Gasteiger partial charge in [0.2, 0.25) is 0 Å². The van der Waals surface area contributed by atoms with Crippen molar-refractivity contribution >= 4 is 11.6 Å². The predicted octanol–water partition coefficient (Wildman–Crippen LogP) is 5.35. The maximum Gasteiger partial charge on any atom is 0.251 e. The van der Waals surface area contributed by atoms with Crippen molar-refractivity contribution in [3.8, 4) is 0 Å². The van der Waals surface area contributed by atoms with Crippen molar-refractivity contribution in [1.82, 2.24) is 5.32 Å². The van der Waals surface area contributed by atoms with Gasteiger partial charge in [-0.05, 0) is 60.6 Å². The zero-order chi connectivity index (χ0) is 18.8. The molecule has 3 atom stereocenters. The number of rotatable bonds is 5. The fourth-order valence-corrected chi connectivity index (χ4v) is 4.46. The van der Waals surface area contributed by atoms with Crippen LogP contribution in [0, 0.1) is 12.8 Å². The zero-order valence-electron chi connectivity index (χ0n) is 16.2. The summed E-state index contributed by atoms with van der Waals surface area (Å²) in [5.41, 5.74) is 5.88. The highest BCUT2D eigenvalue weighted by atomic mass is 16.1. The number of amides is 1. The number of carbonyl (C=O) groups is 1. The van der Waals surface area contributed by atoms with E-state index in [1.807, 2.05) is 6.07 Å². The minimum Gasteiger partial charge on any atom is -0.378 e. The van der Waals surface area contributed by atoms with Gasteiger partial charge in [-0.3, -0.25) is 4.79 Å². The van der Waals surface area contributed by atoms with Gasteiger partial charge >= 0.3 is 0 Å². The van der Waals surface area contributed by atoms with Crippen LogP contribution in [0.2, 0.25) is 0 Å². The molecule has 27 heavy (non-hydrogen) atoms. The number of anilines is 1. The van der Waals surface area contributed by atoms with Crippen LogP contribution in [0.25, 0.3) is 0 Å². The molecule has 0 bridgehead atoms. The van der Waals surface area contributed by atoms with E-state index in [-0.39, 0.29) is 5.91 Å². The summed E-state index contributed by atoms with van der Waals surface area (Å²) in [7, 11) is 0. The molecular formula is C24H28N2O. The van der Waals surface area contributed by atoms with Crippen LogP contribution < -0.4 is 10.6 Å². The first kappa shape index (κ1) is 17.8. The van der Waals surface area contributed by atoms with E-state index < -0.39 is 0 Å². The van der Waals surface area contributed by atoms with Crippen LogP contribution in [0.4, 0.5) is 5.69 Å². The SMILES string of the molecule is CCCCNC(=O)c1ccc2c(c1)C1C=CCC1C(c1ccccc1C)N2. The Morgan fingerprint density at radius 2 is 2.04 bits per heavy atom. The maximum absolute atomic E-state index is 12.5. The number of hydrogen-bond acceptors (Lipinski definition) is 2. The van der Waals surface area contributed by atoms with Crippen LogP contribution in [0.15, 0.2) is 54.6 Å². The molecule has 0 saturated carbocycles. The van der Waals surface area contributed by atoms with E-state index in [4.69, 9.17) is 0 Å². The molecule has 4 rings (SSSR count). The van der Waals surface area contributed by atoms with Crippen molar-refractivity contribution in [3.05, 3.63) is 76.9 Å². The quantitative estimate of drug-likeness (QED) is 0.557. The van der Waals surface area contributed by atoms with Gasteiger partial charge in [0.25, 0.3) is 5.91 Å². The molecular weight excluding hydrogens is 332 g/mol. The maximum atomic E-state index is 12.5. The molecule has 0 saturated heterocycles. The number of nitrogens with one attached hydrogen (secondary N) is 2. The standard InChI is InChI=1S/C24H28N2O/c1-3-4-14-25-24(27)17-12-13-22-21(15-17)19-10-7-11-20(19)23(26-22)18-9-6-5-8-16(18)2/h5-10,12-13,15,19-20,23,26H,3-4,11,14H2,1-2H3,(H,25,27). The molecule has 1 aliphatic heterocycles. The third-order valence-electron chi connectivity index (χ3n) is 5.96. The average molecular weight is 361 g/mol. The Labute approximate surface area is 161 Å². The zero-order valence-corrected chi connectivity index (χ0v) is 16.2. The van der Waals surface area contributed by atoms with Crippen molar-refractivity contribution in [2.24, 2.45) is 5.92 Å². The van der Waals surface area contributed by atoms with Gasteiger partial charge in [-0.15, -0.1) is 0 Å². The van der Waals surface area contributed by atoms with Crippen molar-refractivity contribution in [3.63, 3.8) is 0 Å². The number of hydrogen-bond donors (Lipinski definition) is 2. The summed E-state index contributed by atoms with van der Waals surface area (Å²) in [5, 5.41) is 6.80. The Balaban J connectivity index is 1.64. The van der Waals surface area contributed by atoms with Gasteiger partial charge in [0.15, 0.2) is 0 Å². The van der Waals surface area contributed by atoms with Gasteiger partial charge in [-0.25, -0.2) is 0 Å². The first-order chi connectivity index (χ1) is 13.2. The summed E-state index contributed by atoms with van der Waals surface area (Å²) in [5.74, 6) is 0.900. The Morgan fingerprint density at radius 1 is 1.19 bits per heavy atom. The highest BCUT2D eigenvalue weighted by molar-refractivity contribution is 5.95. The summed E-state index contributed by atoms with van der Waals surface area (Å²) in [4.78, 5) is 12.5. The number of benzene rings is 2. The van der Waals surface area contributed by atoms with E-state index in [0.717, 1.165) is 37.1 Å². The molecule has 3 heteroatoms. The van der Waals surface area contributed by atoms with Crippen molar-refractivity contribution in [2.75, 3.05) is 11.9 Å². The fourth-order valence-electron chi connectivity index (χ4n) is 4.46. The van der Waals surface area contributed by atoms with Crippen LogP contribution in [0.3, 0.4) is 0 Å². The first-order valence-electron chi connectivity index (χ1n) is 10.1. The lowest BCUT2D eigenvalue weighted by atomic mass is 9.76. The van der Waals surface area contributed by atoms with E-state index in [9.17, 15) is 4.79 Å². The summed E-state index contributed by atoms with van der Waals surface area (Å²) in [6, 6.07) is 15.1. The summed E-state index contributed by atoms with van der Waals surface area (Å²) < 4.78 is 0. The van der Waals surface area contributed by atoms with Crippen LogP contribution in [-0.2, 0) is 0 Å². The molecule has 0 fully saturated rings. The molecule has 2 N–H and O–H groups in total. The molecule has 2 aliphatic rings. The highest BCUT2D eigenvalue weighted by Gasteiger charge is 2.38. The lowest BCUT2D eigenvalue weighted by Crippen LogP contribution is -2.30. The Bertz CT molecular complexity index is 870. The first-order valence-corrected chi connectivity index (χ1v) is 10.1. The average Bonchev–Trinajstić information content (AvgIpc) is 3.18. The minimum absolute atomic E-state index is 0.0332. The van der Waals surface area contributed by atoms with Gasteiger partial charge in [0, 0.05) is 23.7 Å². The second kappa shape index (κ2) is 7.59. The van der Waals surface area contributed by atoms with Gasteiger partial charge in [0.1, 0.15) is 0 Å². The van der Waals surface area contributed by atoms with E-state index in [1.54, 1.807) is 0 Å². The van der Waals surface area contributed by atoms with Crippen LogP contribution in [-0.4, -0.2) is 12.5 Å². The lowest BCUT2D eigenvalue weighted by Gasteiger charge is -2.38. The molecule has 1 heterocycles. The number of unbranched alkanes of at least 4 members (excludes halogenated alkanes) is 1. The predicted molar refractivity (Wildman–Crippen MR) is 111 cm³/mol. The third-order valence-corrected chi connectivity index (χ3v) is 5.96. The molecule has 3 nitrogen and oxygen atoms in total. The molecule has 1 amide bonds. The van der Waals surface area contributed by atoms with Gasteiger partial charge in [-0.1, -0.05) is 49.8 Å². The van der Waals surface area contributed by atoms with Crippen molar-refractivity contribution in [2.45, 2.75) is 45.1 Å². The molecule has 2 aromatic rings. The summed E-state index contributed by atoms with van der Waals surface area (Å²) in [6.07, 6.45) is 7.80. The number of allylic oxidation sites excluding steroid dienone is 2. The number of fused-ring (bicyclic) bond motifs is 3. The molecule has 2 aromatic carbocycles. The van der Waals surface area contributed by atoms with Crippen LogP contribution in [0.5, 0.6) is 0 Å². The summed E-state index contributed by atoms with van der Waals surface area (Å²) in [6.45, 7) is 5.06. The van der Waals surface area contributed by atoms with Gasteiger partial charge < -0.3 is 10.6 Å². The third kappa shape index (κ3) is 3.39. The summed E-state index contributed by atoms with van der Waals surface area (Å²) >= 11 is 0. The normalized spacial score (nSPS) is 22.7. The molecule has 1 aliphatic carbocycles. The topological polar surface area (TPSA) is 41.1 Å². The lowest BCUT2D eigenvalue weighted by molar-refractivity contribution is 0.0953.